The zero-order valence-electron chi connectivity index (χ0n) is 17.8. The van der Waals surface area contributed by atoms with E-state index in [9.17, 15) is 18.3 Å². The van der Waals surface area contributed by atoms with Gasteiger partial charge in [-0.05, 0) is 55.2 Å². The summed E-state index contributed by atoms with van der Waals surface area (Å²) in [4.78, 5) is 0. The molecule has 1 heterocycles. The maximum absolute atomic E-state index is 14.6. The number of aliphatic hydroxyl groups is 1. The zero-order chi connectivity index (χ0) is 22.0. The SMILES string of the molecule is CCCC(O)c1ccc(COC2CCC(c3ccc(C4CO4)c(F)c3F)CC2)c(F)c1. The lowest BCUT2D eigenvalue weighted by Gasteiger charge is -2.29. The first kappa shape index (κ1) is 22.3. The molecule has 31 heavy (non-hydrogen) atoms. The summed E-state index contributed by atoms with van der Waals surface area (Å²) < 4.78 is 54.2. The first-order valence-electron chi connectivity index (χ1n) is 11.1. The fourth-order valence-corrected chi connectivity index (χ4v) is 4.45. The molecule has 4 rings (SSSR count). The molecule has 0 aromatic heterocycles. The minimum atomic E-state index is -0.790. The van der Waals surface area contributed by atoms with Crippen LogP contribution in [0.3, 0.4) is 0 Å². The molecule has 2 atom stereocenters. The molecule has 0 bridgehead atoms. The summed E-state index contributed by atoms with van der Waals surface area (Å²) in [6.07, 6.45) is 3.26. The lowest BCUT2D eigenvalue weighted by Crippen LogP contribution is -2.21. The molecule has 2 aliphatic rings. The number of hydrogen-bond donors (Lipinski definition) is 1. The van der Waals surface area contributed by atoms with Gasteiger partial charge in [0.15, 0.2) is 11.6 Å². The van der Waals surface area contributed by atoms with Crippen LogP contribution in [-0.2, 0) is 16.1 Å². The van der Waals surface area contributed by atoms with Gasteiger partial charge in [0, 0.05) is 11.1 Å². The van der Waals surface area contributed by atoms with Gasteiger partial charge in [-0.1, -0.05) is 37.6 Å². The largest absolute Gasteiger partial charge is 0.388 e. The summed E-state index contributed by atoms with van der Waals surface area (Å²) in [5, 5.41) is 10.0. The average molecular weight is 434 g/mol. The lowest BCUT2D eigenvalue weighted by atomic mass is 9.82. The molecule has 1 saturated heterocycles. The van der Waals surface area contributed by atoms with Crippen molar-refractivity contribution >= 4 is 0 Å². The molecule has 3 nitrogen and oxygen atoms in total. The molecule has 2 aromatic rings. The second kappa shape index (κ2) is 9.72. The number of halogens is 3. The first-order valence-corrected chi connectivity index (χ1v) is 11.1. The number of hydrogen-bond acceptors (Lipinski definition) is 3. The van der Waals surface area contributed by atoms with Gasteiger partial charge < -0.3 is 14.6 Å². The number of benzene rings is 2. The van der Waals surface area contributed by atoms with Gasteiger partial charge in [0.1, 0.15) is 11.9 Å². The maximum Gasteiger partial charge on any atom is 0.165 e. The van der Waals surface area contributed by atoms with E-state index in [4.69, 9.17) is 9.47 Å². The molecule has 1 N–H and O–H groups in total. The fraction of sp³-hybridized carbons (Fsp3) is 0.520. The molecular weight excluding hydrogens is 405 g/mol. The van der Waals surface area contributed by atoms with E-state index in [-0.39, 0.29) is 30.5 Å². The highest BCUT2D eigenvalue weighted by atomic mass is 19.2. The highest BCUT2D eigenvalue weighted by Crippen LogP contribution is 2.39. The van der Waals surface area contributed by atoms with Crippen molar-refractivity contribution < 1.29 is 27.8 Å². The van der Waals surface area contributed by atoms with E-state index < -0.39 is 17.7 Å². The van der Waals surface area contributed by atoms with Gasteiger partial charge in [0.25, 0.3) is 0 Å². The molecular formula is C25H29F3O3. The smallest absolute Gasteiger partial charge is 0.165 e. The van der Waals surface area contributed by atoms with E-state index in [1.807, 2.05) is 6.92 Å². The van der Waals surface area contributed by atoms with Crippen LogP contribution in [0.15, 0.2) is 30.3 Å². The molecule has 1 aliphatic heterocycles. The molecule has 0 radical (unpaired) electrons. The van der Waals surface area contributed by atoms with Crippen LogP contribution in [0.2, 0.25) is 0 Å². The van der Waals surface area contributed by atoms with Crippen molar-refractivity contribution in [2.24, 2.45) is 0 Å². The Morgan fingerprint density at radius 3 is 2.35 bits per heavy atom. The van der Waals surface area contributed by atoms with Crippen LogP contribution >= 0.6 is 0 Å². The van der Waals surface area contributed by atoms with Gasteiger partial charge in [-0.3, -0.25) is 0 Å². The Morgan fingerprint density at radius 1 is 1.03 bits per heavy atom. The van der Waals surface area contributed by atoms with Crippen molar-refractivity contribution in [3.8, 4) is 0 Å². The van der Waals surface area contributed by atoms with Crippen LogP contribution in [-0.4, -0.2) is 17.8 Å². The minimum absolute atomic E-state index is 0.0342. The van der Waals surface area contributed by atoms with Gasteiger partial charge >= 0.3 is 0 Å². The van der Waals surface area contributed by atoms with Crippen molar-refractivity contribution in [2.45, 2.75) is 76.3 Å². The van der Waals surface area contributed by atoms with E-state index in [1.165, 1.54) is 6.07 Å². The summed E-state index contributed by atoms with van der Waals surface area (Å²) in [6.45, 7) is 2.57. The molecule has 1 saturated carbocycles. The van der Waals surface area contributed by atoms with Crippen molar-refractivity contribution in [2.75, 3.05) is 6.61 Å². The maximum atomic E-state index is 14.6. The Hall–Kier alpha value is -1.89. The monoisotopic (exact) mass is 434 g/mol. The molecule has 6 heteroatoms. The number of rotatable bonds is 8. The Balaban J connectivity index is 1.30. The Bertz CT molecular complexity index is 905. The van der Waals surface area contributed by atoms with Crippen LogP contribution in [0.4, 0.5) is 13.2 Å². The third-order valence-corrected chi connectivity index (χ3v) is 6.43. The first-order chi connectivity index (χ1) is 15.0. The van der Waals surface area contributed by atoms with Crippen LogP contribution in [0.5, 0.6) is 0 Å². The Labute approximate surface area is 181 Å². The predicted molar refractivity (Wildman–Crippen MR) is 111 cm³/mol. The van der Waals surface area contributed by atoms with Crippen molar-refractivity contribution in [1.82, 2.24) is 0 Å². The van der Waals surface area contributed by atoms with E-state index >= 15 is 0 Å². The lowest BCUT2D eigenvalue weighted by molar-refractivity contribution is 0.0118. The molecule has 2 aromatic carbocycles. The normalized spacial score (nSPS) is 24.2. The minimum Gasteiger partial charge on any atom is -0.388 e. The molecule has 1 aliphatic carbocycles. The number of aliphatic hydroxyl groups excluding tert-OH is 1. The van der Waals surface area contributed by atoms with E-state index in [0.717, 1.165) is 6.42 Å². The van der Waals surface area contributed by atoms with Crippen LogP contribution < -0.4 is 0 Å². The molecule has 0 amide bonds. The van der Waals surface area contributed by atoms with Crippen LogP contribution in [0.25, 0.3) is 0 Å². The second-order valence-electron chi connectivity index (χ2n) is 8.63. The summed E-state index contributed by atoms with van der Waals surface area (Å²) in [6, 6.07) is 8.11. The summed E-state index contributed by atoms with van der Waals surface area (Å²) in [5.74, 6) is -1.97. The Morgan fingerprint density at radius 2 is 1.71 bits per heavy atom. The fourth-order valence-electron chi connectivity index (χ4n) is 4.45. The Kier molecular flexibility index (Phi) is 6.99. The quantitative estimate of drug-likeness (QED) is 0.499. The molecule has 0 spiro atoms. The summed E-state index contributed by atoms with van der Waals surface area (Å²) >= 11 is 0. The van der Waals surface area contributed by atoms with Crippen molar-refractivity contribution in [3.63, 3.8) is 0 Å². The third kappa shape index (κ3) is 5.13. The van der Waals surface area contributed by atoms with Gasteiger partial charge in [-0.15, -0.1) is 0 Å². The topological polar surface area (TPSA) is 42.0 Å². The number of epoxide rings is 1. The van der Waals surface area contributed by atoms with Crippen molar-refractivity contribution in [3.05, 3.63) is 70.0 Å². The summed E-state index contributed by atoms with van der Waals surface area (Å²) in [7, 11) is 0. The van der Waals surface area contributed by atoms with E-state index in [2.05, 4.69) is 0 Å². The molecule has 2 unspecified atom stereocenters. The number of ether oxygens (including phenoxy) is 2. The van der Waals surface area contributed by atoms with Crippen LogP contribution in [0.1, 0.15) is 85.8 Å². The van der Waals surface area contributed by atoms with Crippen LogP contribution in [0, 0.1) is 17.5 Å². The van der Waals surface area contributed by atoms with E-state index in [1.54, 1.807) is 24.3 Å². The van der Waals surface area contributed by atoms with Gasteiger partial charge in [-0.2, -0.15) is 0 Å². The third-order valence-electron chi connectivity index (χ3n) is 6.43. The van der Waals surface area contributed by atoms with E-state index in [0.29, 0.717) is 61.0 Å². The van der Waals surface area contributed by atoms with Gasteiger partial charge in [0.2, 0.25) is 0 Å². The molecule has 2 fully saturated rings. The van der Waals surface area contributed by atoms with Gasteiger partial charge in [-0.25, -0.2) is 13.2 Å². The highest BCUT2D eigenvalue weighted by molar-refractivity contribution is 5.32. The predicted octanol–water partition coefficient (Wildman–Crippen LogP) is 6.25. The zero-order valence-corrected chi connectivity index (χ0v) is 17.8. The van der Waals surface area contributed by atoms with Crippen molar-refractivity contribution in [1.29, 1.82) is 0 Å². The highest BCUT2D eigenvalue weighted by Gasteiger charge is 2.32. The second-order valence-corrected chi connectivity index (χ2v) is 8.63. The average Bonchev–Trinajstić information content (AvgIpc) is 3.60. The molecule has 168 valence electrons. The standard InChI is InChI=1S/C25H29F3O3/c1-2-3-22(29)16-4-5-17(21(26)12-16)13-30-18-8-6-15(7-9-18)19-10-11-20(23-14-31-23)25(28)24(19)27/h4-5,10-12,15,18,22-23,29H,2-3,6-9,13-14H2,1H3. The van der Waals surface area contributed by atoms with Gasteiger partial charge in [0.05, 0.1) is 25.4 Å². The summed E-state index contributed by atoms with van der Waals surface area (Å²) in [5.41, 5.74) is 1.76.